The number of nitrogens with two attached hydrogens (primary N) is 1. The van der Waals surface area contributed by atoms with Gasteiger partial charge in [0.1, 0.15) is 0 Å². The Hall–Kier alpha value is -3.94. The summed E-state index contributed by atoms with van der Waals surface area (Å²) in [7, 11) is 0. The normalized spacial score (nSPS) is 18.5. The number of aromatic nitrogens is 1. The highest BCUT2D eigenvalue weighted by Gasteiger charge is 2.31. The van der Waals surface area contributed by atoms with Crippen LogP contribution in [0.5, 0.6) is 0 Å². The van der Waals surface area contributed by atoms with Crippen molar-refractivity contribution < 1.29 is 14.4 Å². The predicted octanol–water partition coefficient (Wildman–Crippen LogP) is 3.12. The van der Waals surface area contributed by atoms with E-state index in [9.17, 15) is 14.4 Å². The predicted molar refractivity (Wildman–Crippen MR) is 132 cm³/mol. The summed E-state index contributed by atoms with van der Waals surface area (Å²) in [5.74, 6) is 0.0204. The summed E-state index contributed by atoms with van der Waals surface area (Å²) in [6, 6.07) is 14.7. The lowest BCUT2D eigenvalue weighted by atomic mass is 10.1. The lowest BCUT2D eigenvalue weighted by Crippen LogP contribution is -2.35. The molecule has 1 unspecified atom stereocenters. The van der Waals surface area contributed by atoms with Gasteiger partial charge in [-0.1, -0.05) is 6.07 Å². The van der Waals surface area contributed by atoms with Crippen molar-refractivity contribution in [1.82, 2.24) is 10.3 Å². The van der Waals surface area contributed by atoms with E-state index in [1.54, 1.807) is 23.2 Å². The molecule has 2 saturated heterocycles. The molecule has 3 heterocycles. The topological polar surface area (TPSA) is 109 Å². The average molecular weight is 458 g/mol. The molecule has 0 radical (unpaired) electrons. The van der Waals surface area contributed by atoms with Crippen LogP contribution >= 0.6 is 0 Å². The van der Waals surface area contributed by atoms with Crippen LogP contribution in [-0.2, 0) is 9.59 Å². The molecule has 5 rings (SSSR count). The zero-order valence-corrected chi connectivity index (χ0v) is 18.9. The van der Waals surface area contributed by atoms with E-state index in [1.807, 2.05) is 41.3 Å². The van der Waals surface area contributed by atoms with E-state index in [4.69, 9.17) is 5.73 Å². The summed E-state index contributed by atoms with van der Waals surface area (Å²) in [4.78, 5) is 45.3. The van der Waals surface area contributed by atoms with Gasteiger partial charge in [0.15, 0.2) is 0 Å². The van der Waals surface area contributed by atoms with Crippen LogP contribution in [0, 0.1) is 5.92 Å². The van der Waals surface area contributed by atoms with Crippen LogP contribution in [0.1, 0.15) is 36.0 Å². The van der Waals surface area contributed by atoms with Crippen LogP contribution in [-0.4, -0.2) is 42.3 Å². The molecule has 3 amide bonds. The summed E-state index contributed by atoms with van der Waals surface area (Å²) in [6.45, 7) is 1.69. The van der Waals surface area contributed by atoms with Crippen molar-refractivity contribution in [1.29, 1.82) is 0 Å². The number of carbonyl (C=O) groups excluding carboxylic acids is 3. The number of nitrogens with one attached hydrogen (secondary N) is 1. The fraction of sp³-hybridized carbons (Fsp3) is 0.308. The number of hydrogen-bond donors (Lipinski definition) is 2. The van der Waals surface area contributed by atoms with Crippen LogP contribution in [0.25, 0.3) is 10.9 Å². The van der Waals surface area contributed by atoms with Crippen molar-refractivity contribution in [2.24, 2.45) is 5.92 Å². The molecule has 174 valence electrons. The SMILES string of the molecule is Nc1cnc2cc(C(=O)NCC3CC(=O)N(c4ccc(N5CCCCC5=O)cc4)C3)ccc2c1. The lowest BCUT2D eigenvalue weighted by molar-refractivity contribution is -0.119. The minimum absolute atomic E-state index is 0.0261. The van der Waals surface area contributed by atoms with Crippen molar-refractivity contribution in [3.05, 3.63) is 60.3 Å². The van der Waals surface area contributed by atoms with Crippen molar-refractivity contribution in [2.45, 2.75) is 25.7 Å². The largest absolute Gasteiger partial charge is 0.397 e. The van der Waals surface area contributed by atoms with E-state index in [2.05, 4.69) is 10.3 Å². The second-order valence-electron chi connectivity index (χ2n) is 8.98. The van der Waals surface area contributed by atoms with Crippen molar-refractivity contribution in [3.63, 3.8) is 0 Å². The quantitative estimate of drug-likeness (QED) is 0.612. The highest BCUT2D eigenvalue weighted by Crippen LogP contribution is 2.28. The van der Waals surface area contributed by atoms with Gasteiger partial charge < -0.3 is 20.9 Å². The molecule has 0 spiro atoms. The van der Waals surface area contributed by atoms with Crippen LogP contribution in [0.4, 0.5) is 17.1 Å². The smallest absolute Gasteiger partial charge is 0.251 e. The number of carbonyl (C=O) groups is 3. The third kappa shape index (κ3) is 4.44. The van der Waals surface area contributed by atoms with Gasteiger partial charge in [-0.05, 0) is 55.3 Å². The second kappa shape index (κ2) is 9.13. The first-order valence-corrected chi connectivity index (χ1v) is 11.6. The number of nitrogen functional groups attached to an aromatic ring is 1. The van der Waals surface area contributed by atoms with E-state index in [0.717, 1.165) is 36.1 Å². The number of anilines is 3. The van der Waals surface area contributed by atoms with E-state index in [-0.39, 0.29) is 23.6 Å². The highest BCUT2D eigenvalue weighted by atomic mass is 16.2. The van der Waals surface area contributed by atoms with Gasteiger partial charge >= 0.3 is 0 Å². The summed E-state index contributed by atoms with van der Waals surface area (Å²) in [6.07, 6.45) is 4.49. The number of nitrogens with zero attached hydrogens (tertiary/aromatic N) is 3. The molecule has 0 aliphatic carbocycles. The average Bonchev–Trinajstić information content (AvgIpc) is 3.23. The van der Waals surface area contributed by atoms with Gasteiger partial charge in [-0.3, -0.25) is 19.4 Å². The monoisotopic (exact) mass is 457 g/mol. The zero-order valence-electron chi connectivity index (χ0n) is 18.9. The van der Waals surface area contributed by atoms with Gasteiger partial charge in [0, 0.05) is 60.7 Å². The molecule has 1 aromatic heterocycles. The maximum absolute atomic E-state index is 12.7. The van der Waals surface area contributed by atoms with Gasteiger partial charge in [-0.2, -0.15) is 0 Å². The molecule has 2 aliphatic rings. The van der Waals surface area contributed by atoms with Crippen molar-refractivity contribution >= 4 is 45.7 Å². The maximum Gasteiger partial charge on any atom is 0.251 e. The molecular formula is C26H27N5O3. The number of pyridine rings is 1. The van der Waals surface area contributed by atoms with Gasteiger partial charge in [-0.25, -0.2) is 0 Å². The molecule has 8 heteroatoms. The summed E-state index contributed by atoms with van der Waals surface area (Å²) >= 11 is 0. The Kier molecular flexibility index (Phi) is 5.88. The molecule has 1 atom stereocenters. The van der Waals surface area contributed by atoms with Crippen LogP contribution < -0.4 is 20.9 Å². The summed E-state index contributed by atoms with van der Waals surface area (Å²) in [5.41, 5.74) is 9.25. The van der Waals surface area contributed by atoms with Gasteiger partial charge in [0.25, 0.3) is 5.91 Å². The third-order valence-corrected chi connectivity index (χ3v) is 6.52. The van der Waals surface area contributed by atoms with Crippen molar-refractivity contribution in [2.75, 3.05) is 35.2 Å². The Morgan fingerprint density at radius 2 is 1.76 bits per heavy atom. The Balaban J connectivity index is 1.19. The lowest BCUT2D eigenvalue weighted by Gasteiger charge is -2.27. The van der Waals surface area contributed by atoms with E-state index < -0.39 is 0 Å². The molecule has 8 nitrogen and oxygen atoms in total. The molecule has 2 aromatic carbocycles. The minimum atomic E-state index is -0.193. The number of amides is 3. The highest BCUT2D eigenvalue weighted by molar-refractivity contribution is 5.99. The molecule has 34 heavy (non-hydrogen) atoms. The fourth-order valence-electron chi connectivity index (χ4n) is 4.68. The molecule has 3 aromatic rings. The van der Waals surface area contributed by atoms with Gasteiger partial charge in [0.2, 0.25) is 11.8 Å². The van der Waals surface area contributed by atoms with Crippen LogP contribution in [0.15, 0.2) is 54.7 Å². The first-order valence-electron chi connectivity index (χ1n) is 11.6. The summed E-state index contributed by atoms with van der Waals surface area (Å²) < 4.78 is 0. The van der Waals surface area contributed by atoms with E-state index in [0.29, 0.717) is 42.7 Å². The maximum atomic E-state index is 12.7. The Bertz CT molecular complexity index is 1260. The van der Waals surface area contributed by atoms with Gasteiger partial charge in [-0.15, -0.1) is 0 Å². The van der Waals surface area contributed by atoms with Crippen molar-refractivity contribution in [3.8, 4) is 0 Å². The molecule has 2 aliphatic heterocycles. The summed E-state index contributed by atoms with van der Waals surface area (Å²) in [5, 5.41) is 3.83. The van der Waals surface area contributed by atoms with E-state index >= 15 is 0 Å². The third-order valence-electron chi connectivity index (χ3n) is 6.52. The number of fused-ring (bicyclic) bond motifs is 1. The van der Waals surface area contributed by atoms with Crippen LogP contribution in [0.2, 0.25) is 0 Å². The second-order valence-corrected chi connectivity index (χ2v) is 8.98. The van der Waals surface area contributed by atoms with E-state index in [1.165, 1.54) is 0 Å². The molecule has 3 N–H and O–H groups in total. The Morgan fingerprint density at radius 1 is 1.00 bits per heavy atom. The number of rotatable bonds is 5. The Morgan fingerprint density at radius 3 is 2.53 bits per heavy atom. The Labute approximate surface area is 197 Å². The molecule has 0 bridgehead atoms. The fourth-order valence-corrected chi connectivity index (χ4v) is 4.68. The molecule has 0 saturated carbocycles. The zero-order chi connectivity index (χ0) is 23.7. The van der Waals surface area contributed by atoms with Crippen LogP contribution in [0.3, 0.4) is 0 Å². The first-order chi connectivity index (χ1) is 16.5. The number of piperidine rings is 1. The number of hydrogen-bond acceptors (Lipinski definition) is 5. The number of benzene rings is 2. The standard InChI is InChI=1S/C26H27N5O3/c27-20-12-18-4-5-19(13-23(18)28-15-20)26(34)29-14-17-11-25(33)31(16-17)22-8-6-21(7-9-22)30-10-2-1-3-24(30)32/h4-9,12-13,15,17H,1-3,10-11,14,16,27H2,(H,29,34). The molecular weight excluding hydrogens is 430 g/mol. The van der Waals surface area contributed by atoms with Gasteiger partial charge in [0.05, 0.1) is 17.4 Å². The molecule has 2 fully saturated rings. The first kappa shape index (κ1) is 21.9. The minimum Gasteiger partial charge on any atom is -0.397 e.